The third-order valence-corrected chi connectivity index (χ3v) is 5.97. The zero-order chi connectivity index (χ0) is 18.5. The molecule has 26 heavy (non-hydrogen) atoms. The molecular weight excluding hydrogens is 328 g/mol. The van der Waals surface area contributed by atoms with E-state index in [0.717, 1.165) is 12.2 Å². The van der Waals surface area contributed by atoms with Crippen LogP contribution in [0.25, 0.3) is 0 Å². The van der Waals surface area contributed by atoms with Crippen LogP contribution in [-0.4, -0.2) is 71.8 Å². The topological polar surface area (TPSA) is 61.5 Å². The number of fused-ring (bicyclic) bond motifs is 1. The van der Waals surface area contributed by atoms with Crippen LogP contribution in [0, 0.1) is 5.92 Å². The number of piperidine rings is 2. The number of aromatic amines is 1. The van der Waals surface area contributed by atoms with Crippen molar-refractivity contribution in [3.05, 3.63) is 17.5 Å². The lowest BCUT2D eigenvalue weighted by Crippen LogP contribution is -2.52. The molecule has 1 N–H and O–H groups in total. The van der Waals surface area contributed by atoms with Crippen molar-refractivity contribution in [2.75, 3.05) is 39.9 Å². The van der Waals surface area contributed by atoms with E-state index in [2.05, 4.69) is 28.9 Å². The van der Waals surface area contributed by atoms with E-state index < -0.39 is 0 Å². The molecule has 6 nitrogen and oxygen atoms in total. The van der Waals surface area contributed by atoms with Gasteiger partial charge in [0.2, 0.25) is 0 Å². The van der Waals surface area contributed by atoms with Crippen LogP contribution in [0.15, 0.2) is 6.07 Å². The second-order valence-corrected chi connectivity index (χ2v) is 8.11. The summed E-state index contributed by atoms with van der Waals surface area (Å²) in [6, 6.07) is 2.54. The zero-order valence-corrected chi connectivity index (χ0v) is 16.5. The number of methoxy groups -OCH3 is 1. The Morgan fingerprint density at radius 2 is 2.15 bits per heavy atom. The Labute approximate surface area is 157 Å². The summed E-state index contributed by atoms with van der Waals surface area (Å²) in [6.07, 6.45) is 6.38. The molecule has 0 saturated carbocycles. The molecule has 6 heteroatoms. The number of hydrogen-bond acceptors (Lipinski definition) is 4. The van der Waals surface area contributed by atoms with Gasteiger partial charge in [-0.3, -0.25) is 9.89 Å². The Bertz CT molecular complexity index is 584. The number of aromatic nitrogens is 2. The molecular formula is C20H34N4O2. The maximum Gasteiger partial charge on any atom is 0.274 e. The maximum absolute atomic E-state index is 13.1. The average molecular weight is 363 g/mol. The van der Waals surface area contributed by atoms with E-state index in [1.807, 2.05) is 11.0 Å². The van der Waals surface area contributed by atoms with E-state index in [0.29, 0.717) is 36.7 Å². The monoisotopic (exact) mass is 362 g/mol. The number of carbonyl (C=O) groups excluding carboxylic acids is 1. The predicted molar refractivity (Wildman–Crippen MR) is 102 cm³/mol. The summed E-state index contributed by atoms with van der Waals surface area (Å²) in [6.45, 7) is 8.66. The minimum atomic E-state index is 0.0260. The maximum atomic E-state index is 13.1. The van der Waals surface area contributed by atoms with Gasteiger partial charge in [-0.15, -0.1) is 0 Å². The number of H-pyrrole nitrogens is 1. The summed E-state index contributed by atoms with van der Waals surface area (Å²) < 4.78 is 5.27. The molecule has 3 rings (SSSR count). The highest BCUT2D eigenvalue weighted by atomic mass is 16.5. The van der Waals surface area contributed by atoms with Gasteiger partial charge in [-0.1, -0.05) is 20.3 Å². The predicted octanol–water partition coefficient (Wildman–Crippen LogP) is 2.89. The molecule has 0 unspecified atom stereocenters. The van der Waals surface area contributed by atoms with E-state index >= 15 is 0 Å². The first kappa shape index (κ1) is 19.4. The first-order valence-corrected chi connectivity index (χ1v) is 10.2. The van der Waals surface area contributed by atoms with E-state index in [4.69, 9.17) is 4.74 Å². The van der Waals surface area contributed by atoms with Crippen molar-refractivity contribution in [2.24, 2.45) is 5.92 Å². The Kier molecular flexibility index (Phi) is 6.70. The van der Waals surface area contributed by atoms with Crippen molar-refractivity contribution < 1.29 is 9.53 Å². The molecule has 2 aliphatic rings. The third kappa shape index (κ3) is 4.46. The molecule has 146 valence electrons. The summed E-state index contributed by atoms with van der Waals surface area (Å²) in [5.41, 5.74) is 1.54. The van der Waals surface area contributed by atoms with E-state index in [9.17, 15) is 4.79 Å². The Balaban J connectivity index is 1.71. The molecule has 0 spiro atoms. The zero-order valence-electron chi connectivity index (χ0n) is 16.5. The van der Waals surface area contributed by atoms with Crippen molar-refractivity contribution in [3.8, 4) is 0 Å². The van der Waals surface area contributed by atoms with Crippen LogP contribution < -0.4 is 0 Å². The van der Waals surface area contributed by atoms with Crippen molar-refractivity contribution in [1.29, 1.82) is 0 Å². The van der Waals surface area contributed by atoms with E-state index in [-0.39, 0.29) is 5.91 Å². The van der Waals surface area contributed by atoms with Gasteiger partial charge in [0, 0.05) is 31.9 Å². The summed E-state index contributed by atoms with van der Waals surface area (Å²) in [7, 11) is 1.69. The third-order valence-electron chi connectivity index (χ3n) is 5.97. The van der Waals surface area contributed by atoms with Gasteiger partial charge in [0.25, 0.3) is 5.91 Å². The van der Waals surface area contributed by atoms with Gasteiger partial charge in [0.1, 0.15) is 5.69 Å². The fourth-order valence-corrected chi connectivity index (χ4v) is 4.45. The largest absolute Gasteiger partial charge is 0.383 e. The molecule has 2 fully saturated rings. The highest BCUT2D eigenvalue weighted by molar-refractivity contribution is 5.92. The lowest BCUT2D eigenvalue weighted by Gasteiger charge is -2.45. The van der Waals surface area contributed by atoms with Gasteiger partial charge in [0.15, 0.2) is 0 Å². The molecule has 2 saturated heterocycles. The molecule has 0 radical (unpaired) electrons. The first-order chi connectivity index (χ1) is 12.6. The van der Waals surface area contributed by atoms with Crippen LogP contribution in [0.5, 0.6) is 0 Å². The van der Waals surface area contributed by atoms with Gasteiger partial charge in [0.05, 0.1) is 6.61 Å². The van der Waals surface area contributed by atoms with E-state index in [1.54, 1.807) is 7.11 Å². The van der Waals surface area contributed by atoms with Gasteiger partial charge >= 0.3 is 0 Å². The number of rotatable bonds is 7. The molecule has 1 aromatic rings. The fraction of sp³-hybridized carbons (Fsp3) is 0.800. The molecule has 3 heterocycles. The van der Waals surface area contributed by atoms with Crippen molar-refractivity contribution in [1.82, 2.24) is 20.0 Å². The van der Waals surface area contributed by atoms with Crippen molar-refractivity contribution in [3.63, 3.8) is 0 Å². The van der Waals surface area contributed by atoms with Gasteiger partial charge < -0.3 is 14.5 Å². The minimum absolute atomic E-state index is 0.0260. The lowest BCUT2D eigenvalue weighted by atomic mass is 9.83. The number of carbonyl (C=O) groups is 1. The quantitative estimate of drug-likeness (QED) is 0.810. The number of hydrogen-bond donors (Lipinski definition) is 1. The molecule has 1 amide bonds. The molecule has 2 aliphatic heterocycles. The Hall–Kier alpha value is -1.40. The summed E-state index contributed by atoms with van der Waals surface area (Å²) in [5, 5.41) is 7.28. The molecule has 1 aromatic heterocycles. The Morgan fingerprint density at radius 3 is 2.88 bits per heavy atom. The van der Waals surface area contributed by atoms with Crippen LogP contribution in [0.2, 0.25) is 0 Å². The molecule has 0 aromatic carbocycles. The summed E-state index contributed by atoms with van der Waals surface area (Å²) in [5.74, 6) is 0.928. The SMILES string of the molecule is COCCN(C[C@H]1CCCN2CCCC[C@@H]12)C(=O)c1cc(C(C)C)[nH]n1. The van der Waals surface area contributed by atoms with Crippen molar-refractivity contribution in [2.45, 2.75) is 57.9 Å². The van der Waals surface area contributed by atoms with E-state index in [1.165, 1.54) is 45.2 Å². The Morgan fingerprint density at radius 1 is 1.35 bits per heavy atom. The van der Waals surface area contributed by atoms with Crippen molar-refractivity contribution >= 4 is 5.91 Å². The highest BCUT2D eigenvalue weighted by Crippen LogP contribution is 2.31. The number of nitrogens with zero attached hydrogens (tertiary/aromatic N) is 3. The second-order valence-electron chi connectivity index (χ2n) is 8.11. The second kappa shape index (κ2) is 9.00. The molecule has 2 atom stereocenters. The number of ether oxygens (including phenoxy) is 1. The fourth-order valence-electron chi connectivity index (χ4n) is 4.45. The van der Waals surface area contributed by atoms with Crippen LogP contribution in [0.1, 0.15) is 68.1 Å². The highest BCUT2D eigenvalue weighted by Gasteiger charge is 2.35. The van der Waals surface area contributed by atoms with Gasteiger partial charge in [-0.2, -0.15) is 5.10 Å². The minimum Gasteiger partial charge on any atom is -0.383 e. The van der Waals surface area contributed by atoms with Crippen LogP contribution in [0.3, 0.4) is 0 Å². The smallest absolute Gasteiger partial charge is 0.274 e. The number of amides is 1. The average Bonchev–Trinajstić information content (AvgIpc) is 3.15. The molecule has 0 aliphatic carbocycles. The van der Waals surface area contributed by atoms with Crippen LogP contribution in [-0.2, 0) is 4.74 Å². The van der Waals surface area contributed by atoms with Gasteiger partial charge in [-0.25, -0.2) is 0 Å². The van der Waals surface area contributed by atoms with Gasteiger partial charge in [-0.05, 0) is 56.7 Å². The summed E-state index contributed by atoms with van der Waals surface area (Å²) in [4.78, 5) is 17.7. The normalized spacial score (nSPS) is 23.8. The number of nitrogens with one attached hydrogen (secondary N) is 1. The standard InChI is InChI=1S/C20H34N4O2/c1-15(2)17-13-18(22-21-17)20(25)24(11-12-26-3)14-16-7-6-10-23-9-5-4-8-19(16)23/h13,15-16,19H,4-12,14H2,1-3H3,(H,21,22)/t16-,19+/m1/s1. The molecule has 0 bridgehead atoms. The summed E-state index contributed by atoms with van der Waals surface area (Å²) >= 11 is 0. The van der Waals surface area contributed by atoms with Crippen LogP contribution in [0.4, 0.5) is 0 Å². The first-order valence-electron chi connectivity index (χ1n) is 10.2. The lowest BCUT2D eigenvalue weighted by molar-refractivity contribution is 0.0313. The van der Waals surface area contributed by atoms with Crippen LogP contribution >= 0.6 is 0 Å².